The number of ether oxygens (including phenoxy) is 1. The first kappa shape index (κ1) is 10.4. The van der Waals surface area contributed by atoms with Crippen LogP contribution < -0.4 is 16.6 Å². The van der Waals surface area contributed by atoms with Crippen LogP contribution in [0.5, 0.6) is 0 Å². The average Bonchev–Trinajstić information content (AvgIpc) is 2.65. The highest BCUT2D eigenvalue weighted by molar-refractivity contribution is 5.80. The Morgan fingerprint density at radius 3 is 3.08 bits per heavy atom. The summed E-state index contributed by atoms with van der Waals surface area (Å²) in [6, 6.07) is -0.255. The summed E-state index contributed by atoms with van der Waals surface area (Å²) in [5.41, 5.74) is 2.10. The van der Waals surface area contributed by atoms with E-state index in [0.717, 1.165) is 19.4 Å². The molecule has 2 atom stereocenters. The highest BCUT2D eigenvalue weighted by Gasteiger charge is 2.17. The second-order valence-corrected chi connectivity index (χ2v) is 3.27. The molecule has 76 valence electrons. The maximum atomic E-state index is 11.0. The monoisotopic (exact) mass is 187 g/mol. The average molecular weight is 187 g/mol. The molecule has 0 unspecified atom stereocenters. The molecule has 1 heterocycles. The Morgan fingerprint density at radius 1 is 1.77 bits per heavy atom. The Bertz CT molecular complexity index is 169. The van der Waals surface area contributed by atoms with Gasteiger partial charge in [0.15, 0.2) is 0 Å². The van der Waals surface area contributed by atoms with Crippen molar-refractivity contribution >= 4 is 5.91 Å². The van der Waals surface area contributed by atoms with Gasteiger partial charge in [-0.2, -0.15) is 0 Å². The number of hydrogen-bond acceptors (Lipinski definition) is 4. The molecule has 0 radical (unpaired) electrons. The number of amides is 1. The van der Waals surface area contributed by atoms with Crippen LogP contribution in [0.1, 0.15) is 19.8 Å². The molecule has 13 heavy (non-hydrogen) atoms. The van der Waals surface area contributed by atoms with Gasteiger partial charge in [-0.15, -0.1) is 0 Å². The maximum absolute atomic E-state index is 11.0. The quantitative estimate of drug-likeness (QED) is 0.304. The normalized spacial score (nSPS) is 24.3. The van der Waals surface area contributed by atoms with E-state index in [1.807, 2.05) is 0 Å². The third-order valence-corrected chi connectivity index (χ3v) is 2.21. The first-order chi connectivity index (χ1) is 6.24. The summed E-state index contributed by atoms with van der Waals surface area (Å²) in [6.07, 6.45) is 2.45. The number of carbonyl (C=O) groups is 1. The Labute approximate surface area is 78.0 Å². The minimum atomic E-state index is -0.255. The van der Waals surface area contributed by atoms with E-state index in [0.29, 0.717) is 6.54 Å². The van der Waals surface area contributed by atoms with Gasteiger partial charge in [-0.25, -0.2) is 5.84 Å². The molecule has 4 N–H and O–H groups in total. The molecule has 0 spiro atoms. The molecule has 1 aliphatic heterocycles. The molecule has 1 amide bonds. The number of hydrazine groups is 1. The first-order valence-corrected chi connectivity index (χ1v) is 4.59. The molecule has 1 saturated heterocycles. The van der Waals surface area contributed by atoms with Crippen molar-refractivity contribution in [1.29, 1.82) is 0 Å². The van der Waals surface area contributed by atoms with Crippen molar-refractivity contribution in [3.63, 3.8) is 0 Å². The van der Waals surface area contributed by atoms with Crippen LogP contribution in [0.2, 0.25) is 0 Å². The molecule has 0 bridgehead atoms. The molecular weight excluding hydrogens is 170 g/mol. The molecule has 5 nitrogen and oxygen atoms in total. The predicted molar refractivity (Wildman–Crippen MR) is 48.8 cm³/mol. The summed E-state index contributed by atoms with van der Waals surface area (Å²) >= 11 is 0. The van der Waals surface area contributed by atoms with E-state index in [2.05, 4.69) is 10.7 Å². The van der Waals surface area contributed by atoms with Crippen molar-refractivity contribution in [2.45, 2.75) is 31.9 Å². The van der Waals surface area contributed by atoms with Crippen molar-refractivity contribution < 1.29 is 9.53 Å². The number of nitrogens with two attached hydrogens (primary N) is 1. The van der Waals surface area contributed by atoms with E-state index in [1.165, 1.54) is 0 Å². The van der Waals surface area contributed by atoms with Gasteiger partial charge in [0.1, 0.15) is 0 Å². The van der Waals surface area contributed by atoms with Gasteiger partial charge in [-0.1, -0.05) is 0 Å². The smallest absolute Gasteiger partial charge is 0.250 e. The Balaban J connectivity index is 2.13. The molecular formula is C8H17N3O2. The van der Waals surface area contributed by atoms with Crippen LogP contribution in [0.25, 0.3) is 0 Å². The summed E-state index contributed by atoms with van der Waals surface area (Å²) < 4.78 is 5.39. The fourth-order valence-corrected chi connectivity index (χ4v) is 1.33. The summed E-state index contributed by atoms with van der Waals surface area (Å²) in [5.74, 6) is 4.79. The van der Waals surface area contributed by atoms with Gasteiger partial charge in [0.25, 0.3) is 5.91 Å². The lowest BCUT2D eigenvalue weighted by molar-refractivity contribution is -0.122. The third kappa shape index (κ3) is 3.30. The van der Waals surface area contributed by atoms with E-state index in [4.69, 9.17) is 10.6 Å². The molecule has 0 aliphatic carbocycles. The van der Waals surface area contributed by atoms with E-state index in [9.17, 15) is 4.79 Å². The van der Waals surface area contributed by atoms with E-state index >= 15 is 0 Å². The number of nitrogens with one attached hydrogen (secondary N) is 2. The van der Waals surface area contributed by atoms with Crippen LogP contribution in [-0.4, -0.2) is 31.2 Å². The lowest BCUT2D eigenvalue weighted by atomic mass is 10.2. The molecule has 1 rings (SSSR count). The van der Waals surface area contributed by atoms with Gasteiger partial charge < -0.3 is 10.1 Å². The van der Waals surface area contributed by atoms with Crippen molar-refractivity contribution in [2.24, 2.45) is 5.84 Å². The highest BCUT2D eigenvalue weighted by atomic mass is 16.5. The number of hydrogen-bond donors (Lipinski definition) is 3. The minimum Gasteiger partial charge on any atom is -0.377 e. The predicted octanol–water partition coefficient (Wildman–Crippen LogP) is -0.867. The van der Waals surface area contributed by atoms with Crippen LogP contribution >= 0.6 is 0 Å². The lowest BCUT2D eigenvalue weighted by Crippen LogP contribution is -2.46. The number of rotatable bonds is 4. The fraction of sp³-hybridized carbons (Fsp3) is 0.875. The van der Waals surface area contributed by atoms with Crippen LogP contribution in [0.4, 0.5) is 0 Å². The first-order valence-electron chi connectivity index (χ1n) is 4.59. The molecule has 1 fully saturated rings. The molecule has 0 saturated carbocycles. The van der Waals surface area contributed by atoms with Crippen molar-refractivity contribution in [2.75, 3.05) is 13.2 Å². The van der Waals surface area contributed by atoms with Gasteiger partial charge in [-0.3, -0.25) is 10.2 Å². The molecule has 0 aromatic rings. The van der Waals surface area contributed by atoms with Crippen molar-refractivity contribution in [3.05, 3.63) is 0 Å². The zero-order valence-electron chi connectivity index (χ0n) is 7.88. The van der Waals surface area contributed by atoms with Crippen LogP contribution in [0, 0.1) is 0 Å². The second kappa shape index (κ2) is 5.16. The Morgan fingerprint density at radius 2 is 2.54 bits per heavy atom. The molecule has 1 aliphatic rings. The van der Waals surface area contributed by atoms with E-state index < -0.39 is 0 Å². The molecule has 0 aromatic carbocycles. The van der Waals surface area contributed by atoms with E-state index in [-0.39, 0.29) is 18.1 Å². The highest BCUT2D eigenvalue weighted by Crippen LogP contribution is 2.10. The third-order valence-electron chi connectivity index (χ3n) is 2.21. The topological polar surface area (TPSA) is 76.4 Å². The van der Waals surface area contributed by atoms with Gasteiger partial charge in [0.05, 0.1) is 12.1 Å². The minimum absolute atomic E-state index is 0.196. The molecule has 0 aromatic heterocycles. The zero-order chi connectivity index (χ0) is 9.68. The number of carbonyl (C=O) groups excluding carboxylic acids is 1. The van der Waals surface area contributed by atoms with Crippen LogP contribution in [0.3, 0.4) is 0 Å². The van der Waals surface area contributed by atoms with Gasteiger partial charge in [0.2, 0.25) is 0 Å². The van der Waals surface area contributed by atoms with Gasteiger partial charge in [0, 0.05) is 13.2 Å². The van der Waals surface area contributed by atoms with Gasteiger partial charge >= 0.3 is 0 Å². The summed E-state index contributed by atoms with van der Waals surface area (Å²) in [7, 11) is 0. The van der Waals surface area contributed by atoms with Crippen molar-refractivity contribution in [3.8, 4) is 0 Å². The maximum Gasteiger partial charge on any atom is 0.250 e. The molecule has 5 heteroatoms. The van der Waals surface area contributed by atoms with Crippen LogP contribution in [-0.2, 0) is 9.53 Å². The standard InChI is InChI=1S/C8H17N3O2/c1-6(8(12)11-9)10-5-7-3-2-4-13-7/h6-7,10H,2-5,9H2,1H3,(H,11,12)/t6-,7-/m1/s1. The summed E-state index contributed by atoms with van der Waals surface area (Å²) in [6.45, 7) is 3.33. The summed E-state index contributed by atoms with van der Waals surface area (Å²) in [5, 5.41) is 3.06. The largest absolute Gasteiger partial charge is 0.377 e. The summed E-state index contributed by atoms with van der Waals surface area (Å²) in [4.78, 5) is 11.0. The zero-order valence-corrected chi connectivity index (χ0v) is 7.88. The second-order valence-electron chi connectivity index (χ2n) is 3.27. The fourth-order valence-electron chi connectivity index (χ4n) is 1.33. The van der Waals surface area contributed by atoms with E-state index in [1.54, 1.807) is 6.92 Å². The van der Waals surface area contributed by atoms with Crippen molar-refractivity contribution in [1.82, 2.24) is 10.7 Å². The van der Waals surface area contributed by atoms with Crippen LogP contribution in [0.15, 0.2) is 0 Å². The Hall–Kier alpha value is -0.650. The Kier molecular flexibility index (Phi) is 4.14. The lowest BCUT2D eigenvalue weighted by Gasteiger charge is -2.15. The SMILES string of the molecule is C[C@@H](NC[C@H]1CCCO1)C(=O)NN. The van der Waals surface area contributed by atoms with Gasteiger partial charge in [-0.05, 0) is 19.8 Å².